The number of rotatable bonds is 1. The van der Waals surface area contributed by atoms with Crippen LogP contribution in [0.2, 0.25) is 0 Å². The number of guanidine groups is 1. The molecule has 14 heavy (non-hydrogen) atoms. The van der Waals surface area contributed by atoms with Gasteiger partial charge in [-0.1, -0.05) is 0 Å². The SMILES string of the molecule is CC(C)NC(=S)NC(N)=NC(C)(C)C. The molecule has 0 saturated heterocycles. The van der Waals surface area contributed by atoms with E-state index >= 15 is 0 Å². The van der Waals surface area contributed by atoms with Crippen LogP contribution < -0.4 is 16.4 Å². The molecule has 4 N–H and O–H groups in total. The van der Waals surface area contributed by atoms with Crippen molar-refractivity contribution in [2.45, 2.75) is 46.2 Å². The first-order valence-corrected chi connectivity index (χ1v) is 5.04. The zero-order chi connectivity index (χ0) is 11.4. The minimum atomic E-state index is -0.190. The summed E-state index contributed by atoms with van der Waals surface area (Å²) in [6.07, 6.45) is 0. The van der Waals surface area contributed by atoms with Crippen LogP contribution in [0.4, 0.5) is 0 Å². The van der Waals surface area contributed by atoms with E-state index in [1.807, 2.05) is 34.6 Å². The minimum absolute atomic E-state index is 0.190. The predicted octanol–water partition coefficient (Wildman–Crippen LogP) is 0.972. The van der Waals surface area contributed by atoms with Crippen molar-refractivity contribution in [1.29, 1.82) is 0 Å². The van der Waals surface area contributed by atoms with Crippen LogP contribution in [-0.2, 0) is 0 Å². The van der Waals surface area contributed by atoms with Gasteiger partial charge in [0, 0.05) is 6.04 Å². The number of hydrogen-bond donors (Lipinski definition) is 3. The zero-order valence-corrected chi connectivity index (χ0v) is 10.3. The van der Waals surface area contributed by atoms with Crippen molar-refractivity contribution in [2.75, 3.05) is 0 Å². The Labute approximate surface area is 91.4 Å². The maximum Gasteiger partial charge on any atom is 0.195 e. The van der Waals surface area contributed by atoms with Crippen LogP contribution >= 0.6 is 12.2 Å². The number of nitrogens with two attached hydrogens (primary N) is 1. The van der Waals surface area contributed by atoms with Gasteiger partial charge in [0.05, 0.1) is 5.54 Å². The highest BCUT2D eigenvalue weighted by Crippen LogP contribution is 2.04. The van der Waals surface area contributed by atoms with Crippen molar-refractivity contribution in [3.63, 3.8) is 0 Å². The Morgan fingerprint density at radius 2 is 1.86 bits per heavy atom. The standard InChI is InChI=1S/C9H20N4S/c1-6(2)11-8(14)12-7(10)13-9(3,4)5/h6H,1-5H3,(H4,10,11,12,13,14). The Balaban J connectivity index is 4.13. The van der Waals surface area contributed by atoms with Crippen LogP contribution in [0.5, 0.6) is 0 Å². The zero-order valence-electron chi connectivity index (χ0n) is 9.51. The smallest absolute Gasteiger partial charge is 0.195 e. The van der Waals surface area contributed by atoms with E-state index in [4.69, 9.17) is 18.0 Å². The first kappa shape index (κ1) is 13.2. The van der Waals surface area contributed by atoms with Gasteiger partial charge in [-0.2, -0.15) is 0 Å². The van der Waals surface area contributed by atoms with E-state index in [1.54, 1.807) is 0 Å². The second kappa shape index (κ2) is 5.14. The van der Waals surface area contributed by atoms with Crippen molar-refractivity contribution >= 4 is 23.3 Å². The van der Waals surface area contributed by atoms with Crippen LogP contribution in [-0.4, -0.2) is 22.7 Å². The summed E-state index contributed by atoms with van der Waals surface area (Å²) < 4.78 is 0. The van der Waals surface area contributed by atoms with Crippen molar-refractivity contribution in [1.82, 2.24) is 10.6 Å². The fourth-order valence-corrected chi connectivity index (χ4v) is 1.14. The maximum atomic E-state index is 5.65. The minimum Gasteiger partial charge on any atom is -0.370 e. The Kier molecular flexibility index (Phi) is 4.83. The van der Waals surface area contributed by atoms with Gasteiger partial charge in [0.1, 0.15) is 0 Å². The average Bonchev–Trinajstić information content (AvgIpc) is 1.77. The predicted molar refractivity (Wildman–Crippen MR) is 65.4 cm³/mol. The lowest BCUT2D eigenvalue weighted by Gasteiger charge is -2.16. The number of nitrogens with one attached hydrogen (secondary N) is 2. The lowest BCUT2D eigenvalue weighted by Crippen LogP contribution is -2.46. The van der Waals surface area contributed by atoms with E-state index in [0.29, 0.717) is 11.1 Å². The van der Waals surface area contributed by atoms with Gasteiger partial charge in [-0.05, 0) is 46.8 Å². The Morgan fingerprint density at radius 1 is 1.36 bits per heavy atom. The monoisotopic (exact) mass is 216 g/mol. The molecule has 82 valence electrons. The first-order valence-electron chi connectivity index (χ1n) is 4.63. The van der Waals surface area contributed by atoms with Gasteiger partial charge in [0.2, 0.25) is 0 Å². The summed E-state index contributed by atoms with van der Waals surface area (Å²) in [6.45, 7) is 9.93. The molecule has 0 radical (unpaired) electrons. The fraction of sp³-hybridized carbons (Fsp3) is 0.778. The Hall–Kier alpha value is -0.840. The summed E-state index contributed by atoms with van der Waals surface area (Å²) in [4.78, 5) is 4.21. The summed E-state index contributed by atoms with van der Waals surface area (Å²) in [5.74, 6) is 0.343. The number of aliphatic imine (C=N–C) groups is 1. The van der Waals surface area contributed by atoms with Crippen LogP contribution in [0, 0.1) is 0 Å². The van der Waals surface area contributed by atoms with Crippen LogP contribution in [0.3, 0.4) is 0 Å². The first-order chi connectivity index (χ1) is 6.20. The van der Waals surface area contributed by atoms with E-state index in [2.05, 4.69) is 15.6 Å². The van der Waals surface area contributed by atoms with Gasteiger partial charge in [-0.3, -0.25) is 0 Å². The quantitative estimate of drug-likeness (QED) is 0.347. The lowest BCUT2D eigenvalue weighted by atomic mass is 10.1. The van der Waals surface area contributed by atoms with Gasteiger partial charge < -0.3 is 16.4 Å². The third kappa shape index (κ3) is 7.79. The van der Waals surface area contributed by atoms with E-state index < -0.39 is 0 Å². The lowest BCUT2D eigenvalue weighted by molar-refractivity contribution is 0.580. The molecule has 0 saturated carbocycles. The van der Waals surface area contributed by atoms with Gasteiger partial charge in [0.15, 0.2) is 11.1 Å². The molecule has 0 atom stereocenters. The van der Waals surface area contributed by atoms with E-state index in [-0.39, 0.29) is 11.6 Å². The van der Waals surface area contributed by atoms with Crippen LogP contribution in [0.15, 0.2) is 4.99 Å². The summed E-state index contributed by atoms with van der Waals surface area (Å²) >= 11 is 5.01. The molecular formula is C9H20N4S. The Bertz CT molecular complexity index is 227. The summed E-state index contributed by atoms with van der Waals surface area (Å²) in [7, 11) is 0. The van der Waals surface area contributed by atoms with Gasteiger partial charge in [-0.15, -0.1) is 0 Å². The third-order valence-corrected chi connectivity index (χ3v) is 1.34. The van der Waals surface area contributed by atoms with Crippen molar-refractivity contribution in [2.24, 2.45) is 10.7 Å². The fourth-order valence-electron chi connectivity index (χ4n) is 0.804. The molecule has 0 aromatic rings. The van der Waals surface area contributed by atoms with Crippen LogP contribution in [0.25, 0.3) is 0 Å². The van der Waals surface area contributed by atoms with E-state index in [1.165, 1.54) is 0 Å². The number of hydrogen-bond acceptors (Lipinski definition) is 2. The van der Waals surface area contributed by atoms with Gasteiger partial charge in [0.25, 0.3) is 0 Å². The molecule has 0 rings (SSSR count). The van der Waals surface area contributed by atoms with Crippen molar-refractivity contribution in [3.05, 3.63) is 0 Å². The van der Waals surface area contributed by atoms with Gasteiger partial charge in [-0.25, -0.2) is 4.99 Å². The number of thiocarbonyl (C=S) groups is 1. The van der Waals surface area contributed by atoms with E-state index in [0.717, 1.165) is 0 Å². The third-order valence-electron chi connectivity index (χ3n) is 1.12. The molecule has 4 nitrogen and oxygen atoms in total. The molecule has 0 aromatic carbocycles. The van der Waals surface area contributed by atoms with Crippen LogP contribution in [0.1, 0.15) is 34.6 Å². The molecule has 0 amide bonds. The molecule has 0 aliphatic carbocycles. The second-order valence-corrected chi connectivity index (χ2v) is 4.83. The van der Waals surface area contributed by atoms with Crippen molar-refractivity contribution in [3.8, 4) is 0 Å². The molecule has 0 aromatic heterocycles. The molecule has 0 unspecified atom stereocenters. The van der Waals surface area contributed by atoms with Crippen molar-refractivity contribution < 1.29 is 0 Å². The highest BCUT2D eigenvalue weighted by molar-refractivity contribution is 7.80. The highest BCUT2D eigenvalue weighted by atomic mass is 32.1. The molecule has 0 spiro atoms. The largest absolute Gasteiger partial charge is 0.370 e. The molecule has 5 heteroatoms. The summed E-state index contributed by atoms with van der Waals surface area (Å²) in [6, 6.07) is 0.289. The van der Waals surface area contributed by atoms with Gasteiger partial charge >= 0.3 is 0 Å². The molecular weight excluding hydrogens is 196 g/mol. The topological polar surface area (TPSA) is 62.4 Å². The number of nitrogens with zero attached hydrogens (tertiary/aromatic N) is 1. The maximum absolute atomic E-state index is 5.65. The molecule has 0 heterocycles. The molecule has 0 bridgehead atoms. The second-order valence-electron chi connectivity index (χ2n) is 4.42. The summed E-state index contributed by atoms with van der Waals surface area (Å²) in [5, 5.41) is 6.34. The average molecular weight is 216 g/mol. The highest BCUT2D eigenvalue weighted by Gasteiger charge is 2.08. The molecule has 0 aliphatic rings. The normalized spacial score (nSPS) is 12.9. The molecule has 0 fully saturated rings. The Morgan fingerprint density at radius 3 is 2.21 bits per heavy atom. The molecule has 0 aliphatic heterocycles. The summed E-state index contributed by atoms with van der Waals surface area (Å²) in [5.41, 5.74) is 5.46. The van der Waals surface area contributed by atoms with E-state index in [9.17, 15) is 0 Å².